The van der Waals surface area contributed by atoms with Gasteiger partial charge in [-0.1, -0.05) is 0 Å². The summed E-state index contributed by atoms with van der Waals surface area (Å²) in [5.74, 6) is 0.112. The lowest BCUT2D eigenvalue weighted by atomic mass is 10.1. The van der Waals surface area contributed by atoms with Crippen LogP contribution in [0.5, 0.6) is 6.01 Å². The highest BCUT2D eigenvalue weighted by molar-refractivity contribution is 9.10. The number of hydrogen-bond acceptors (Lipinski definition) is 4. The van der Waals surface area contributed by atoms with Crippen LogP contribution in [0.4, 0.5) is 0 Å². The molecule has 1 saturated heterocycles. The van der Waals surface area contributed by atoms with Crippen molar-refractivity contribution in [1.29, 1.82) is 0 Å². The zero-order valence-electron chi connectivity index (χ0n) is 12.1. The highest BCUT2D eigenvalue weighted by Gasteiger charge is 2.25. The number of amides is 1. The molecule has 1 amide bonds. The molecule has 6 nitrogen and oxygen atoms in total. The molecule has 3 heterocycles. The number of carbonyl (C=O) groups is 1. The predicted octanol–water partition coefficient (Wildman–Crippen LogP) is 2.11. The van der Waals surface area contributed by atoms with Gasteiger partial charge in [-0.25, -0.2) is 9.97 Å². The fraction of sp³-hybridized carbons (Fsp3) is 0.400. The topological polar surface area (TPSA) is 60.2 Å². The van der Waals surface area contributed by atoms with Crippen LogP contribution in [0.15, 0.2) is 41.4 Å². The van der Waals surface area contributed by atoms with Crippen molar-refractivity contribution in [2.45, 2.75) is 25.5 Å². The Morgan fingerprint density at radius 1 is 1.32 bits per heavy atom. The largest absolute Gasteiger partial charge is 0.458 e. The van der Waals surface area contributed by atoms with Gasteiger partial charge in [-0.05, 0) is 40.9 Å². The number of carbonyl (C=O) groups excluding carboxylic acids is 1. The van der Waals surface area contributed by atoms with Crippen molar-refractivity contribution < 1.29 is 9.53 Å². The van der Waals surface area contributed by atoms with E-state index < -0.39 is 0 Å². The second kappa shape index (κ2) is 6.91. The third kappa shape index (κ3) is 3.85. The molecule has 1 unspecified atom stereocenters. The van der Waals surface area contributed by atoms with Crippen LogP contribution in [0.1, 0.15) is 12.8 Å². The molecule has 0 aromatic carbocycles. The Labute approximate surface area is 137 Å². The number of hydrogen-bond donors (Lipinski definition) is 0. The monoisotopic (exact) mass is 364 g/mol. The number of aromatic nitrogens is 3. The maximum Gasteiger partial charge on any atom is 0.316 e. The summed E-state index contributed by atoms with van der Waals surface area (Å²) >= 11 is 3.29. The predicted molar refractivity (Wildman–Crippen MR) is 84.4 cm³/mol. The lowest BCUT2D eigenvalue weighted by Crippen LogP contribution is -2.45. The second-order valence-electron chi connectivity index (χ2n) is 5.26. The first-order valence-corrected chi connectivity index (χ1v) is 8.03. The van der Waals surface area contributed by atoms with Crippen molar-refractivity contribution in [2.75, 3.05) is 13.1 Å². The molecular formula is C15H17BrN4O2. The summed E-state index contributed by atoms with van der Waals surface area (Å²) in [6, 6.07) is 4.19. The van der Waals surface area contributed by atoms with E-state index in [1.807, 2.05) is 34.0 Å². The molecule has 0 radical (unpaired) electrons. The van der Waals surface area contributed by atoms with Gasteiger partial charge in [0.05, 0.1) is 11.0 Å². The Balaban J connectivity index is 1.56. The van der Waals surface area contributed by atoms with Gasteiger partial charge < -0.3 is 14.2 Å². The van der Waals surface area contributed by atoms with E-state index in [4.69, 9.17) is 4.74 Å². The molecule has 2 aromatic heterocycles. The summed E-state index contributed by atoms with van der Waals surface area (Å²) < 4.78 is 8.47. The van der Waals surface area contributed by atoms with Gasteiger partial charge in [0.1, 0.15) is 12.6 Å². The third-order valence-corrected chi connectivity index (χ3v) is 3.99. The van der Waals surface area contributed by atoms with Crippen molar-refractivity contribution in [3.8, 4) is 6.01 Å². The zero-order valence-corrected chi connectivity index (χ0v) is 13.6. The molecule has 1 aliphatic heterocycles. The van der Waals surface area contributed by atoms with Crippen molar-refractivity contribution in [3.05, 3.63) is 41.4 Å². The molecule has 1 atom stereocenters. The minimum absolute atomic E-state index is 0.0523. The van der Waals surface area contributed by atoms with Crippen LogP contribution >= 0.6 is 15.9 Å². The van der Waals surface area contributed by atoms with Crippen LogP contribution in [0.2, 0.25) is 0 Å². The molecular weight excluding hydrogens is 348 g/mol. The summed E-state index contributed by atoms with van der Waals surface area (Å²) in [4.78, 5) is 22.4. The number of ether oxygens (including phenoxy) is 1. The number of nitrogens with zero attached hydrogens (tertiary/aromatic N) is 4. The summed E-state index contributed by atoms with van der Waals surface area (Å²) in [7, 11) is 0. The van der Waals surface area contributed by atoms with Gasteiger partial charge in [-0.15, -0.1) is 0 Å². The minimum atomic E-state index is -0.0523. The van der Waals surface area contributed by atoms with Gasteiger partial charge in [0.15, 0.2) is 0 Å². The third-order valence-electron chi connectivity index (χ3n) is 3.58. The van der Waals surface area contributed by atoms with Crippen LogP contribution in [-0.2, 0) is 11.3 Å². The summed E-state index contributed by atoms with van der Waals surface area (Å²) in [5, 5.41) is 0. The van der Waals surface area contributed by atoms with Crippen LogP contribution in [-0.4, -0.2) is 44.5 Å². The van der Waals surface area contributed by atoms with Crippen molar-refractivity contribution in [1.82, 2.24) is 19.4 Å². The molecule has 0 aliphatic carbocycles. The fourth-order valence-electron chi connectivity index (χ4n) is 2.50. The minimum Gasteiger partial charge on any atom is -0.458 e. The van der Waals surface area contributed by atoms with E-state index in [1.54, 1.807) is 12.4 Å². The average molecular weight is 365 g/mol. The molecule has 0 spiro atoms. The van der Waals surface area contributed by atoms with Crippen LogP contribution < -0.4 is 4.74 Å². The molecule has 0 bridgehead atoms. The first-order valence-electron chi connectivity index (χ1n) is 7.23. The van der Waals surface area contributed by atoms with Gasteiger partial charge in [0.2, 0.25) is 5.91 Å². The van der Waals surface area contributed by atoms with E-state index in [0.717, 1.165) is 23.9 Å². The van der Waals surface area contributed by atoms with E-state index in [-0.39, 0.29) is 12.0 Å². The lowest BCUT2D eigenvalue weighted by Gasteiger charge is -2.32. The van der Waals surface area contributed by atoms with Crippen LogP contribution in [0.25, 0.3) is 0 Å². The van der Waals surface area contributed by atoms with Gasteiger partial charge in [-0.3, -0.25) is 4.79 Å². The first-order chi connectivity index (χ1) is 10.7. The average Bonchev–Trinajstić information content (AvgIpc) is 3.03. The molecule has 1 fully saturated rings. The highest BCUT2D eigenvalue weighted by atomic mass is 79.9. The molecule has 22 heavy (non-hydrogen) atoms. The Hall–Kier alpha value is -1.89. The molecule has 0 N–H and O–H groups in total. The number of likely N-dealkylation sites (tertiary alicyclic amines) is 1. The lowest BCUT2D eigenvalue weighted by molar-refractivity contribution is -0.134. The van der Waals surface area contributed by atoms with E-state index in [2.05, 4.69) is 25.9 Å². The fourth-order valence-corrected chi connectivity index (χ4v) is 2.71. The summed E-state index contributed by atoms with van der Waals surface area (Å²) in [5.41, 5.74) is 0. The Kier molecular flexibility index (Phi) is 4.72. The van der Waals surface area contributed by atoms with Gasteiger partial charge >= 0.3 is 6.01 Å². The van der Waals surface area contributed by atoms with Crippen LogP contribution in [0, 0.1) is 0 Å². The van der Waals surface area contributed by atoms with E-state index in [9.17, 15) is 4.79 Å². The number of rotatable bonds is 4. The molecule has 2 aromatic rings. The van der Waals surface area contributed by atoms with E-state index in [1.165, 1.54) is 0 Å². The van der Waals surface area contributed by atoms with Crippen molar-refractivity contribution >= 4 is 21.8 Å². The molecule has 3 rings (SSSR count). The molecule has 1 aliphatic rings. The zero-order chi connectivity index (χ0) is 15.4. The number of piperidine rings is 1. The summed E-state index contributed by atoms with van der Waals surface area (Å²) in [6.45, 7) is 1.73. The smallest absolute Gasteiger partial charge is 0.316 e. The van der Waals surface area contributed by atoms with Gasteiger partial charge in [0.25, 0.3) is 0 Å². The number of halogens is 1. The summed E-state index contributed by atoms with van der Waals surface area (Å²) in [6.07, 6.45) is 8.88. The SMILES string of the molecule is O=C(Cn1cccc1)N1CCCC(Oc2ncc(Br)cn2)C1. The maximum atomic E-state index is 12.3. The standard InChI is InChI=1S/C15H17BrN4O2/c16-12-8-17-15(18-9-12)22-13-4-3-7-20(10-13)14(21)11-19-5-1-2-6-19/h1-2,5-6,8-9,13H,3-4,7,10-11H2. The van der Waals surface area contributed by atoms with E-state index in [0.29, 0.717) is 19.1 Å². The van der Waals surface area contributed by atoms with Crippen LogP contribution in [0.3, 0.4) is 0 Å². The first kappa shape index (κ1) is 15.0. The van der Waals surface area contributed by atoms with Crippen molar-refractivity contribution in [3.63, 3.8) is 0 Å². The molecule has 7 heteroatoms. The Morgan fingerprint density at radius 3 is 2.77 bits per heavy atom. The normalized spacial score (nSPS) is 18.2. The second-order valence-corrected chi connectivity index (χ2v) is 6.18. The molecule has 0 saturated carbocycles. The Morgan fingerprint density at radius 2 is 2.05 bits per heavy atom. The highest BCUT2D eigenvalue weighted by Crippen LogP contribution is 2.16. The van der Waals surface area contributed by atoms with Gasteiger partial charge in [-0.2, -0.15) is 0 Å². The van der Waals surface area contributed by atoms with E-state index >= 15 is 0 Å². The van der Waals surface area contributed by atoms with Crippen molar-refractivity contribution in [2.24, 2.45) is 0 Å². The maximum absolute atomic E-state index is 12.3. The molecule has 116 valence electrons. The Bertz CT molecular complexity index is 615. The quantitative estimate of drug-likeness (QED) is 0.833. The van der Waals surface area contributed by atoms with Gasteiger partial charge in [0, 0.05) is 31.3 Å².